The minimum Gasteiger partial charge on any atom is -0.465 e. The van der Waals surface area contributed by atoms with Crippen LogP contribution in [0.2, 0.25) is 5.02 Å². The van der Waals surface area contributed by atoms with Gasteiger partial charge in [-0.05, 0) is 19.1 Å². The Morgan fingerprint density at radius 3 is 2.89 bits per heavy atom. The summed E-state index contributed by atoms with van der Waals surface area (Å²) in [6.45, 7) is 2.19. The number of hydrogen-bond donors (Lipinski definition) is 1. The van der Waals surface area contributed by atoms with E-state index in [0.717, 1.165) is 0 Å². The number of hydrogen-bond acceptors (Lipinski definition) is 5. The Bertz CT molecular complexity index is 451. The molecule has 0 aliphatic rings. The summed E-state index contributed by atoms with van der Waals surface area (Å²) in [7, 11) is 0. The topological polar surface area (TPSA) is 81.5 Å². The Morgan fingerprint density at radius 1 is 1.56 bits per heavy atom. The molecule has 0 aromatic heterocycles. The summed E-state index contributed by atoms with van der Waals surface area (Å²) in [5.41, 5.74) is 0.396. The molecule has 1 rings (SSSR count). The van der Waals surface area contributed by atoms with Crippen LogP contribution in [0.25, 0.3) is 0 Å². The number of halogens is 1. The first-order chi connectivity index (χ1) is 8.54. The van der Waals surface area contributed by atoms with E-state index in [4.69, 9.17) is 16.3 Å². The highest BCUT2D eigenvalue weighted by atomic mass is 35.5. The van der Waals surface area contributed by atoms with Crippen molar-refractivity contribution in [2.75, 3.05) is 13.2 Å². The Labute approximate surface area is 109 Å². The van der Waals surface area contributed by atoms with Gasteiger partial charge in [0.25, 0.3) is 5.69 Å². The van der Waals surface area contributed by atoms with Gasteiger partial charge in [-0.2, -0.15) is 0 Å². The predicted molar refractivity (Wildman–Crippen MR) is 66.4 cm³/mol. The second-order valence-electron chi connectivity index (χ2n) is 3.44. The molecule has 0 bridgehead atoms. The van der Waals surface area contributed by atoms with Gasteiger partial charge in [0.2, 0.25) is 0 Å². The molecule has 0 amide bonds. The summed E-state index contributed by atoms with van der Waals surface area (Å²) in [4.78, 5) is 21.4. The van der Waals surface area contributed by atoms with E-state index >= 15 is 0 Å². The third-order valence-electron chi connectivity index (χ3n) is 2.13. The number of nitro benzene ring substituents is 1. The van der Waals surface area contributed by atoms with Crippen LogP contribution in [0.4, 0.5) is 5.69 Å². The third kappa shape index (κ3) is 4.31. The number of carbonyl (C=O) groups is 1. The Morgan fingerprint density at radius 2 is 2.28 bits per heavy atom. The Hall–Kier alpha value is -1.66. The van der Waals surface area contributed by atoms with Crippen LogP contribution in [-0.4, -0.2) is 24.0 Å². The molecule has 0 aliphatic heterocycles. The van der Waals surface area contributed by atoms with E-state index in [0.29, 0.717) is 17.2 Å². The monoisotopic (exact) mass is 272 g/mol. The highest BCUT2D eigenvalue weighted by Crippen LogP contribution is 2.22. The molecular weight excluding hydrogens is 260 g/mol. The highest BCUT2D eigenvalue weighted by molar-refractivity contribution is 6.30. The van der Waals surface area contributed by atoms with Gasteiger partial charge in [0.1, 0.15) is 0 Å². The van der Waals surface area contributed by atoms with Crippen LogP contribution in [0.5, 0.6) is 0 Å². The first kappa shape index (κ1) is 14.4. The molecule has 0 aliphatic carbocycles. The SMILES string of the molecule is CCOC(=O)CNCc1cc(Cl)ccc1[N+](=O)[O-]. The lowest BCUT2D eigenvalue weighted by Crippen LogP contribution is -2.24. The molecule has 18 heavy (non-hydrogen) atoms. The van der Waals surface area contributed by atoms with Crippen LogP contribution < -0.4 is 5.32 Å². The predicted octanol–water partition coefficient (Wildman–Crippen LogP) is 1.90. The summed E-state index contributed by atoms with van der Waals surface area (Å²) in [5.74, 6) is -0.401. The average molecular weight is 273 g/mol. The minimum absolute atomic E-state index is 0.00247. The molecule has 6 nitrogen and oxygen atoms in total. The summed E-state index contributed by atoms with van der Waals surface area (Å²) in [5, 5.41) is 14.0. The molecule has 1 N–H and O–H groups in total. The maximum atomic E-state index is 11.1. The number of rotatable bonds is 6. The van der Waals surface area contributed by atoms with Gasteiger partial charge in [0.05, 0.1) is 18.1 Å². The van der Waals surface area contributed by atoms with Gasteiger partial charge in [0.15, 0.2) is 0 Å². The lowest BCUT2D eigenvalue weighted by atomic mass is 10.2. The first-order valence-corrected chi connectivity index (χ1v) is 5.71. The molecule has 0 fully saturated rings. The minimum atomic E-state index is -0.488. The van der Waals surface area contributed by atoms with Crippen LogP contribution in [0.1, 0.15) is 12.5 Å². The van der Waals surface area contributed by atoms with Gasteiger partial charge < -0.3 is 10.1 Å². The molecule has 0 spiro atoms. The zero-order valence-electron chi connectivity index (χ0n) is 9.81. The van der Waals surface area contributed by atoms with Crippen molar-refractivity contribution in [3.05, 3.63) is 38.9 Å². The van der Waals surface area contributed by atoms with Gasteiger partial charge in [-0.25, -0.2) is 0 Å². The van der Waals surface area contributed by atoms with E-state index in [-0.39, 0.29) is 18.8 Å². The number of ether oxygens (including phenoxy) is 1. The van der Waals surface area contributed by atoms with Gasteiger partial charge in [-0.1, -0.05) is 11.6 Å². The first-order valence-electron chi connectivity index (χ1n) is 5.33. The number of nitro groups is 1. The van der Waals surface area contributed by atoms with E-state index < -0.39 is 10.9 Å². The molecule has 1 aromatic rings. The normalized spacial score (nSPS) is 10.1. The zero-order valence-corrected chi connectivity index (χ0v) is 10.6. The van der Waals surface area contributed by atoms with Gasteiger partial charge >= 0.3 is 5.97 Å². The van der Waals surface area contributed by atoms with E-state index in [1.54, 1.807) is 6.92 Å². The van der Waals surface area contributed by atoms with Gasteiger partial charge in [-0.15, -0.1) is 0 Å². The van der Waals surface area contributed by atoms with Crippen molar-refractivity contribution in [2.24, 2.45) is 0 Å². The van der Waals surface area contributed by atoms with Crippen LogP contribution in [0.15, 0.2) is 18.2 Å². The Balaban J connectivity index is 2.63. The fourth-order valence-corrected chi connectivity index (χ4v) is 1.58. The van der Waals surface area contributed by atoms with Crippen LogP contribution in [0.3, 0.4) is 0 Å². The highest BCUT2D eigenvalue weighted by Gasteiger charge is 2.13. The molecule has 7 heteroatoms. The fourth-order valence-electron chi connectivity index (χ4n) is 1.39. The largest absolute Gasteiger partial charge is 0.465 e. The van der Waals surface area contributed by atoms with Crippen molar-refractivity contribution in [2.45, 2.75) is 13.5 Å². The quantitative estimate of drug-likeness (QED) is 0.486. The standard InChI is InChI=1S/C11H13ClN2O4/c1-2-18-11(15)7-13-6-8-5-9(12)3-4-10(8)14(16)17/h3-5,13H,2,6-7H2,1H3. The number of esters is 1. The third-order valence-corrected chi connectivity index (χ3v) is 2.36. The second-order valence-corrected chi connectivity index (χ2v) is 3.88. The number of nitrogens with one attached hydrogen (secondary N) is 1. The lowest BCUT2D eigenvalue weighted by Gasteiger charge is -2.06. The zero-order chi connectivity index (χ0) is 13.5. The molecule has 0 saturated carbocycles. The number of carbonyl (C=O) groups excluding carboxylic acids is 1. The van der Waals surface area contributed by atoms with Crippen LogP contribution in [-0.2, 0) is 16.1 Å². The van der Waals surface area contributed by atoms with Crippen molar-refractivity contribution in [1.82, 2.24) is 5.32 Å². The van der Waals surface area contributed by atoms with Crippen molar-refractivity contribution in [1.29, 1.82) is 0 Å². The summed E-state index contributed by atoms with van der Waals surface area (Å²) in [6, 6.07) is 4.29. The fraction of sp³-hybridized carbons (Fsp3) is 0.364. The summed E-state index contributed by atoms with van der Waals surface area (Å²) >= 11 is 5.77. The van der Waals surface area contributed by atoms with Gasteiger partial charge in [0, 0.05) is 23.2 Å². The maximum Gasteiger partial charge on any atom is 0.319 e. The van der Waals surface area contributed by atoms with Crippen molar-refractivity contribution >= 4 is 23.3 Å². The molecule has 0 heterocycles. The van der Waals surface area contributed by atoms with Crippen molar-refractivity contribution < 1.29 is 14.5 Å². The van der Waals surface area contributed by atoms with Gasteiger partial charge in [-0.3, -0.25) is 14.9 Å². The molecule has 0 unspecified atom stereocenters. The number of benzene rings is 1. The lowest BCUT2D eigenvalue weighted by molar-refractivity contribution is -0.385. The maximum absolute atomic E-state index is 11.1. The summed E-state index contributed by atoms with van der Waals surface area (Å²) < 4.78 is 4.72. The molecule has 1 aromatic carbocycles. The molecule has 0 saturated heterocycles. The van der Waals surface area contributed by atoms with E-state index in [1.807, 2.05) is 0 Å². The Kier molecular flexibility index (Phi) is 5.54. The van der Waals surface area contributed by atoms with Crippen LogP contribution >= 0.6 is 11.6 Å². The smallest absolute Gasteiger partial charge is 0.319 e. The molecule has 0 atom stereocenters. The second kappa shape index (κ2) is 6.93. The van der Waals surface area contributed by atoms with E-state index in [1.165, 1.54) is 18.2 Å². The van der Waals surface area contributed by atoms with E-state index in [9.17, 15) is 14.9 Å². The number of nitrogens with zero attached hydrogens (tertiary/aromatic N) is 1. The van der Waals surface area contributed by atoms with E-state index in [2.05, 4.69) is 5.32 Å². The van der Waals surface area contributed by atoms with Crippen LogP contribution in [0, 0.1) is 10.1 Å². The summed E-state index contributed by atoms with van der Waals surface area (Å²) in [6.07, 6.45) is 0. The molecular formula is C11H13ClN2O4. The average Bonchev–Trinajstić information content (AvgIpc) is 2.29. The van der Waals surface area contributed by atoms with Crippen molar-refractivity contribution in [3.8, 4) is 0 Å². The molecule has 98 valence electrons. The molecule has 0 radical (unpaired) electrons. The van der Waals surface area contributed by atoms with Crippen molar-refractivity contribution in [3.63, 3.8) is 0 Å².